The molecule has 160 valence electrons. The van der Waals surface area contributed by atoms with Gasteiger partial charge in [0.05, 0.1) is 6.61 Å². The first-order valence-electron chi connectivity index (χ1n) is 11.2. The van der Waals surface area contributed by atoms with Crippen LogP contribution in [0.1, 0.15) is 42.9 Å². The van der Waals surface area contributed by atoms with E-state index in [4.69, 9.17) is 4.74 Å². The number of nitrogens with zero attached hydrogens (tertiary/aromatic N) is 2. The van der Waals surface area contributed by atoms with Crippen LogP contribution in [0.25, 0.3) is 0 Å². The molecule has 5 heteroatoms. The molecule has 30 heavy (non-hydrogen) atoms. The van der Waals surface area contributed by atoms with Gasteiger partial charge in [-0.2, -0.15) is 0 Å². The average Bonchev–Trinajstić information content (AvgIpc) is 3.34. The van der Waals surface area contributed by atoms with E-state index in [0.29, 0.717) is 12.1 Å². The predicted octanol–water partition coefficient (Wildman–Crippen LogP) is 3.75. The zero-order valence-corrected chi connectivity index (χ0v) is 18.1. The van der Waals surface area contributed by atoms with Crippen LogP contribution in [0.3, 0.4) is 0 Å². The lowest BCUT2D eigenvalue weighted by atomic mass is 9.74. The number of nitrogens with one attached hydrogen (secondary N) is 2. The Morgan fingerprint density at radius 3 is 2.43 bits per heavy atom. The lowest BCUT2D eigenvalue weighted by molar-refractivity contribution is -0.00232. The fourth-order valence-corrected chi connectivity index (χ4v) is 4.50. The average molecular weight is 407 g/mol. The molecule has 2 aliphatic heterocycles. The van der Waals surface area contributed by atoms with Crippen LogP contribution in [0, 0.1) is 5.41 Å². The van der Waals surface area contributed by atoms with Crippen molar-refractivity contribution in [2.45, 2.75) is 39.2 Å². The molecule has 0 bridgehead atoms. The standard InChI is InChI=1S/C25H34N4O/c1-2-30-19-25(13-12-21-6-4-3-5-7-21)14-16-29(17-15-25)18-22-8-10-23(11-9-22)24-26-20-27-28-24/h3-11,27H,2,12-20H2,1H3,(H,26,28). The minimum absolute atomic E-state index is 0.311. The van der Waals surface area contributed by atoms with E-state index in [9.17, 15) is 0 Å². The smallest absolute Gasteiger partial charge is 0.144 e. The largest absolute Gasteiger partial charge is 0.381 e. The summed E-state index contributed by atoms with van der Waals surface area (Å²) in [7, 11) is 0. The molecule has 0 radical (unpaired) electrons. The van der Waals surface area contributed by atoms with Crippen LogP contribution in [0.4, 0.5) is 0 Å². The van der Waals surface area contributed by atoms with Gasteiger partial charge in [-0.3, -0.25) is 4.90 Å². The number of rotatable bonds is 9. The van der Waals surface area contributed by atoms with E-state index in [-0.39, 0.29) is 0 Å². The first-order valence-corrected chi connectivity index (χ1v) is 11.2. The van der Waals surface area contributed by atoms with E-state index in [2.05, 4.69) is 82.3 Å². The Labute approximate surface area is 180 Å². The number of aryl methyl sites for hydroxylation is 1. The lowest BCUT2D eigenvalue weighted by Gasteiger charge is -2.42. The Morgan fingerprint density at radius 1 is 1.00 bits per heavy atom. The van der Waals surface area contributed by atoms with Gasteiger partial charge in [-0.25, -0.2) is 10.4 Å². The highest BCUT2D eigenvalue weighted by Gasteiger charge is 2.34. The maximum Gasteiger partial charge on any atom is 0.144 e. The minimum atomic E-state index is 0.311. The number of hydrazine groups is 1. The van der Waals surface area contributed by atoms with Gasteiger partial charge in [0.1, 0.15) is 12.5 Å². The van der Waals surface area contributed by atoms with E-state index >= 15 is 0 Å². The number of aliphatic imine (C=N–C) groups is 1. The van der Waals surface area contributed by atoms with Gasteiger partial charge in [-0.15, -0.1) is 0 Å². The molecule has 1 fully saturated rings. The quantitative estimate of drug-likeness (QED) is 0.666. The van der Waals surface area contributed by atoms with Crippen LogP contribution in [0.15, 0.2) is 59.6 Å². The van der Waals surface area contributed by atoms with Crippen molar-refractivity contribution in [1.29, 1.82) is 0 Å². The summed E-state index contributed by atoms with van der Waals surface area (Å²) < 4.78 is 5.94. The number of benzene rings is 2. The van der Waals surface area contributed by atoms with E-state index < -0.39 is 0 Å². The summed E-state index contributed by atoms with van der Waals surface area (Å²) in [6, 6.07) is 19.7. The zero-order chi connectivity index (χ0) is 20.7. The SMILES string of the molecule is CCOCC1(CCc2ccccc2)CCN(Cc2ccc(C3=NCNN3)cc2)CC1. The van der Waals surface area contributed by atoms with Gasteiger partial charge in [-0.1, -0.05) is 54.6 Å². The molecule has 4 rings (SSSR count). The Kier molecular flexibility index (Phi) is 7.16. The first kappa shape index (κ1) is 21.0. The van der Waals surface area contributed by atoms with Crippen molar-refractivity contribution >= 4 is 5.84 Å². The fourth-order valence-electron chi connectivity index (χ4n) is 4.50. The molecule has 0 aromatic heterocycles. The van der Waals surface area contributed by atoms with E-state index in [1.807, 2.05) is 0 Å². The van der Waals surface area contributed by atoms with Crippen molar-refractivity contribution in [2.24, 2.45) is 10.4 Å². The number of hydrogen-bond donors (Lipinski definition) is 2. The van der Waals surface area contributed by atoms with E-state index in [1.165, 1.54) is 30.4 Å². The number of piperidine rings is 1. The van der Waals surface area contributed by atoms with Gasteiger partial charge < -0.3 is 10.2 Å². The van der Waals surface area contributed by atoms with Crippen molar-refractivity contribution in [1.82, 2.24) is 15.8 Å². The molecule has 0 spiro atoms. The predicted molar refractivity (Wildman–Crippen MR) is 122 cm³/mol. The topological polar surface area (TPSA) is 48.9 Å². The van der Waals surface area contributed by atoms with Crippen LogP contribution >= 0.6 is 0 Å². The number of hydrogen-bond acceptors (Lipinski definition) is 5. The summed E-state index contributed by atoms with van der Waals surface area (Å²) >= 11 is 0. The molecule has 2 aromatic rings. The van der Waals surface area contributed by atoms with Crippen LogP contribution in [-0.4, -0.2) is 43.7 Å². The summed E-state index contributed by atoms with van der Waals surface area (Å²) in [5, 5.41) is 0. The van der Waals surface area contributed by atoms with Crippen molar-refractivity contribution in [3.63, 3.8) is 0 Å². The summed E-state index contributed by atoms with van der Waals surface area (Å²) in [5.74, 6) is 0.929. The Hall–Kier alpha value is -2.21. The molecule has 0 unspecified atom stereocenters. The van der Waals surface area contributed by atoms with Crippen molar-refractivity contribution < 1.29 is 4.74 Å². The van der Waals surface area contributed by atoms with E-state index in [0.717, 1.165) is 50.7 Å². The second kappa shape index (κ2) is 10.2. The monoisotopic (exact) mass is 406 g/mol. The number of likely N-dealkylation sites (tertiary alicyclic amines) is 1. The molecule has 2 aliphatic rings. The van der Waals surface area contributed by atoms with Crippen LogP contribution < -0.4 is 10.9 Å². The first-order chi connectivity index (χ1) is 14.8. The fraction of sp³-hybridized carbons (Fsp3) is 0.480. The summed E-state index contributed by atoms with van der Waals surface area (Å²) in [6.07, 6.45) is 4.78. The normalized spacial score (nSPS) is 18.8. The molecule has 0 amide bonds. The Balaban J connectivity index is 1.31. The lowest BCUT2D eigenvalue weighted by Crippen LogP contribution is -2.42. The second-order valence-corrected chi connectivity index (χ2v) is 8.56. The van der Waals surface area contributed by atoms with Crippen LogP contribution in [-0.2, 0) is 17.7 Å². The third-order valence-corrected chi connectivity index (χ3v) is 6.47. The van der Waals surface area contributed by atoms with Crippen molar-refractivity contribution in [3.05, 3.63) is 71.3 Å². The molecule has 0 saturated carbocycles. The van der Waals surface area contributed by atoms with Crippen molar-refractivity contribution in [3.8, 4) is 0 Å². The van der Waals surface area contributed by atoms with Crippen molar-refractivity contribution in [2.75, 3.05) is 33.0 Å². The Bertz CT molecular complexity index is 811. The minimum Gasteiger partial charge on any atom is -0.381 e. The van der Waals surface area contributed by atoms with E-state index in [1.54, 1.807) is 0 Å². The molecule has 0 atom stereocenters. The molecule has 2 N–H and O–H groups in total. The van der Waals surface area contributed by atoms with Gasteiger partial charge >= 0.3 is 0 Å². The number of amidine groups is 1. The molecule has 1 saturated heterocycles. The summed E-state index contributed by atoms with van der Waals surface area (Å²) in [4.78, 5) is 7.00. The molecular weight excluding hydrogens is 372 g/mol. The van der Waals surface area contributed by atoms with Gasteiger partial charge in [-0.05, 0) is 62.2 Å². The molecule has 2 aromatic carbocycles. The highest BCUT2D eigenvalue weighted by molar-refractivity contribution is 5.99. The molecule has 5 nitrogen and oxygen atoms in total. The molecule has 0 aliphatic carbocycles. The third kappa shape index (κ3) is 5.48. The Morgan fingerprint density at radius 2 is 1.77 bits per heavy atom. The summed E-state index contributed by atoms with van der Waals surface area (Å²) in [6.45, 7) is 7.73. The zero-order valence-electron chi connectivity index (χ0n) is 18.1. The number of ether oxygens (including phenoxy) is 1. The molecular formula is C25H34N4O. The third-order valence-electron chi connectivity index (χ3n) is 6.47. The maximum atomic E-state index is 5.94. The summed E-state index contributed by atoms with van der Waals surface area (Å²) in [5.41, 5.74) is 10.4. The van der Waals surface area contributed by atoms with Crippen LogP contribution in [0.2, 0.25) is 0 Å². The highest BCUT2D eigenvalue weighted by Crippen LogP contribution is 2.37. The second-order valence-electron chi connectivity index (χ2n) is 8.56. The van der Waals surface area contributed by atoms with Gasteiger partial charge in [0, 0.05) is 18.7 Å². The highest BCUT2D eigenvalue weighted by atomic mass is 16.5. The maximum absolute atomic E-state index is 5.94. The molecule has 2 heterocycles. The van der Waals surface area contributed by atoms with Crippen LogP contribution in [0.5, 0.6) is 0 Å². The van der Waals surface area contributed by atoms with Gasteiger partial charge in [0.15, 0.2) is 0 Å². The van der Waals surface area contributed by atoms with Gasteiger partial charge in [0.2, 0.25) is 0 Å². The van der Waals surface area contributed by atoms with Gasteiger partial charge in [0.25, 0.3) is 0 Å².